The molecule has 0 fully saturated rings. The molecule has 1 rings (SSSR count). The maximum Gasteiger partial charge on any atom is 0.229 e. The number of unbranched alkanes of at least 4 members (excludes halogenated alkanes) is 1. The highest BCUT2D eigenvalue weighted by atomic mass is 32.2. The Morgan fingerprint density at radius 1 is 1.37 bits per heavy atom. The summed E-state index contributed by atoms with van der Waals surface area (Å²) in [5.41, 5.74) is 1.42. The molecule has 0 aromatic heterocycles. The normalized spacial score (nSPS) is 11.2. The SMILES string of the molecule is CCCCN(C)c1ccc(OC)c(NS(C)(=O)=O)c1. The number of nitrogens with one attached hydrogen (secondary N) is 1. The molecule has 0 heterocycles. The fourth-order valence-corrected chi connectivity index (χ4v) is 2.30. The van der Waals surface area contributed by atoms with E-state index in [9.17, 15) is 8.42 Å². The summed E-state index contributed by atoms with van der Waals surface area (Å²) in [6.45, 7) is 3.07. The van der Waals surface area contributed by atoms with Gasteiger partial charge in [0.25, 0.3) is 0 Å². The molecule has 0 saturated heterocycles. The summed E-state index contributed by atoms with van der Waals surface area (Å²) in [4.78, 5) is 2.09. The van der Waals surface area contributed by atoms with Gasteiger partial charge in [-0.1, -0.05) is 13.3 Å². The van der Waals surface area contributed by atoms with E-state index in [1.807, 2.05) is 13.1 Å². The van der Waals surface area contributed by atoms with Gasteiger partial charge in [0.1, 0.15) is 5.75 Å². The van der Waals surface area contributed by atoms with Gasteiger partial charge in [0, 0.05) is 19.3 Å². The van der Waals surface area contributed by atoms with Crippen molar-refractivity contribution < 1.29 is 13.2 Å². The van der Waals surface area contributed by atoms with Crippen LogP contribution >= 0.6 is 0 Å². The van der Waals surface area contributed by atoms with Gasteiger partial charge < -0.3 is 9.64 Å². The summed E-state index contributed by atoms with van der Waals surface area (Å²) in [6.07, 6.45) is 3.34. The minimum absolute atomic E-state index is 0.464. The van der Waals surface area contributed by atoms with Gasteiger partial charge in [-0.2, -0.15) is 0 Å². The molecule has 0 amide bonds. The predicted molar refractivity (Wildman–Crippen MR) is 79.6 cm³/mol. The molecule has 108 valence electrons. The Bertz CT molecular complexity index is 515. The third-order valence-corrected chi connectivity index (χ3v) is 3.36. The average molecular weight is 286 g/mol. The molecule has 1 aromatic rings. The lowest BCUT2D eigenvalue weighted by Gasteiger charge is -2.21. The molecule has 0 aliphatic carbocycles. The zero-order chi connectivity index (χ0) is 14.5. The second-order valence-corrected chi connectivity index (χ2v) is 6.28. The predicted octanol–water partition coefficient (Wildman–Crippen LogP) is 2.30. The molecular weight excluding hydrogens is 264 g/mol. The van der Waals surface area contributed by atoms with Crippen LogP contribution in [-0.4, -0.2) is 35.4 Å². The molecule has 0 bridgehead atoms. The summed E-state index contributed by atoms with van der Waals surface area (Å²) >= 11 is 0. The molecule has 0 saturated carbocycles. The number of hydrogen-bond acceptors (Lipinski definition) is 4. The van der Waals surface area contributed by atoms with E-state index in [4.69, 9.17) is 4.74 Å². The van der Waals surface area contributed by atoms with Crippen molar-refractivity contribution in [2.24, 2.45) is 0 Å². The summed E-state index contributed by atoms with van der Waals surface area (Å²) in [5, 5.41) is 0. The molecule has 1 N–H and O–H groups in total. The summed E-state index contributed by atoms with van der Waals surface area (Å²) < 4.78 is 30.3. The van der Waals surface area contributed by atoms with E-state index >= 15 is 0 Å². The minimum Gasteiger partial charge on any atom is -0.495 e. The van der Waals surface area contributed by atoms with Crippen LogP contribution in [-0.2, 0) is 10.0 Å². The number of methoxy groups -OCH3 is 1. The minimum atomic E-state index is -3.32. The second kappa shape index (κ2) is 6.65. The first kappa shape index (κ1) is 15.6. The van der Waals surface area contributed by atoms with Gasteiger partial charge in [0.15, 0.2) is 0 Å². The van der Waals surface area contributed by atoms with Gasteiger partial charge in [0.2, 0.25) is 10.0 Å². The van der Waals surface area contributed by atoms with Crippen molar-refractivity contribution >= 4 is 21.4 Å². The Morgan fingerprint density at radius 2 is 2.05 bits per heavy atom. The Labute approximate surface area is 115 Å². The summed E-state index contributed by atoms with van der Waals surface area (Å²) in [7, 11) is 0.187. The van der Waals surface area contributed by atoms with Crippen molar-refractivity contribution in [1.29, 1.82) is 0 Å². The fourth-order valence-electron chi connectivity index (χ4n) is 1.74. The zero-order valence-electron chi connectivity index (χ0n) is 11.9. The van der Waals surface area contributed by atoms with Crippen LogP contribution in [0.2, 0.25) is 0 Å². The fraction of sp³-hybridized carbons (Fsp3) is 0.538. The molecular formula is C13H22N2O3S. The highest BCUT2D eigenvalue weighted by molar-refractivity contribution is 7.92. The highest BCUT2D eigenvalue weighted by Crippen LogP contribution is 2.30. The maximum atomic E-state index is 11.3. The zero-order valence-corrected chi connectivity index (χ0v) is 12.8. The van der Waals surface area contributed by atoms with Crippen molar-refractivity contribution in [3.05, 3.63) is 18.2 Å². The first-order chi connectivity index (χ1) is 8.87. The van der Waals surface area contributed by atoms with E-state index in [0.717, 1.165) is 31.3 Å². The standard InChI is InChI=1S/C13H22N2O3S/c1-5-6-9-15(2)11-7-8-13(18-3)12(10-11)14-19(4,16)17/h7-8,10,14H,5-6,9H2,1-4H3. The Morgan fingerprint density at radius 3 is 2.58 bits per heavy atom. The number of benzene rings is 1. The number of rotatable bonds is 7. The van der Waals surface area contributed by atoms with Crippen molar-refractivity contribution in [2.75, 3.05) is 36.6 Å². The smallest absolute Gasteiger partial charge is 0.229 e. The van der Waals surface area contributed by atoms with Gasteiger partial charge in [-0.25, -0.2) is 8.42 Å². The second-order valence-electron chi connectivity index (χ2n) is 4.53. The molecule has 5 nitrogen and oxygen atoms in total. The van der Waals surface area contributed by atoms with Crippen LogP contribution in [0.15, 0.2) is 18.2 Å². The molecule has 0 radical (unpaired) electrons. The largest absolute Gasteiger partial charge is 0.495 e. The molecule has 19 heavy (non-hydrogen) atoms. The van der Waals surface area contributed by atoms with Crippen molar-refractivity contribution in [3.8, 4) is 5.75 Å². The Balaban J connectivity index is 3.00. The first-order valence-corrected chi connectivity index (χ1v) is 8.13. The van der Waals surface area contributed by atoms with Crippen LogP contribution in [0.25, 0.3) is 0 Å². The molecule has 1 aromatic carbocycles. The number of nitrogens with zero attached hydrogens (tertiary/aromatic N) is 1. The van der Waals surface area contributed by atoms with E-state index in [1.165, 1.54) is 7.11 Å². The van der Waals surface area contributed by atoms with Crippen molar-refractivity contribution in [2.45, 2.75) is 19.8 Å². The monoisotopic (exact) mass is 286 g/mol. The van der Waals surface area contributed by atoms with Crippen LogP contribution in [0.5, 0.6) is 5.75 Å². The van der Waals surface area contributed by atoms with Crippen molar-refractivity contribution in [1.82, 2.24) is 0 Å². The van der Waals surface area contributed by atoms with Gasteiger partial charge in [-0.3, -0.25) is 4.72 Å². The number of sulfonamides is 1. The molecule has 0 atom stereocenters. The Hall–Kier alpha value is -1.43. The van der Waals surface area contributed by atoms with Crippen LogP contribution < -0.4 is 14.4 Å². The van der Waals surface area contributed by atoms with E-state index < -0.39 is 10.0 Å². The maximum absolute atomic E-state index is 11.3. The van der Waals surface area contributed by atoms with Gasteiger partial charge >= 0.3 is 0 Å². The first-order valence-electron chi connectivity index (χ1n) is 6.24. The van der Waals surface area contributed by atoms with Gasteiger partial charge in [0.05, 0.1) is 19.1 Å². The highest BCUT2D eigenvalue weighted by Gasteiger charge is 2.10. The van der Waals surface area contributed by atoms with Crippen LogP contribution in [0.1, 0.15) is 19.8 Å². The lowest BCUT2D eigenvalue weighted by Crippen LogP contribution is -2.19. The van der Waals surface area contributed by atoms with Crippen LogP contribution in [0.3, 0.4) is 0 Å². The molecule has 0 aliphatic heterocycles. The third kappa shape index (κ3) is 4.98. The molecule has 0 aliphatic rings. The lowest BCUT2D eigenvalue weighted by atomic mass is 10.2. The van der Waals surface area contributed by atoms with Gasteiger partial charge in [-0.15, -0.1) is 0 Å². The average Bonchev–Trinajstić information content (AvgIpc) is 2.34. The van der Waals surface area contributed by atoms with Crippen LogP contribution in [0.4, 0.5) is 11.4 Å². The summed E-state index contributed by atoms with van der Waals surface area (Å²) in [5.74, 6) is 0.512. The van der Waals surface area contributed by atoms with E-state index in [1.54, 1.807) is 12.1 Å². The number of ether oxygens (including phenoxy) is 1. The van der Waals surface area contributed by atoms with Crippen molar-refractivity contribution in [3.63, 3.8) is 0 Å². The number of anilines is 2. The topological polar surface area (TPSA) is 58.6 Å². The summed E-state index contributed by atoms with van der Waals surface area (Å²) in [6, 6.07) is 5.47. The molecule has 0 spiro atoms. The lowest BCUT2D eigenvalue weighted by molar-refractivity contribution is 0.417. The quantitative estimate of drug-likeness (QED) is 0.835. The molecule has 6 heteroatoms. The number of hydrogen-bond donors (Lipinski definition) is 1. The van der Waals surface area contributed by atoms with E-state index in [-0.39, 0.29) is 0 Å². The Kier molecular flexibility index (Phi) is 5.47. The van der Waals surface area contributed by atoms with E-state index in [2.05, 4.69) is 16.5 Å². The molecule has 0 unspecified atom stereocenters. The van der Waals surface area contributed by atoms with E-state index in [0.29, 0.717) is 11.4 Å². The van der Waals surface area contributed by atoms with Crippen LogP contribution in [0, 0.1) is 0 Å². The van der Waals surface area contributed by atoms with Gasteiger partial charge in [-0.05, 0) is 24.6 Å². The third-order valence-electron chi connectivity index (χ3n) is 2.77.